The van der Waals surface area contributed by atoms with Crippen LogP contribution in [0.1, 0.15) is 245 Å². The smallest absolute Gasteiger partial charge is 0.220 e. The molecule has 1 heterocycles. The number of unbranched alkanes of at least 4 members (excludes halogenated alkanes) is 32. The van der Waals surface area contributed by atoms with Crippen LogP contribution < -0.4 is 5.32 Å². The molecule has 0 bridgehead atoms. The van der Waals surface area contributed by atoms with Crippen molar-refractivity contribution in [3.63, 3.8) is 0 Å². The van der Waals surface area contributed by atoms with Crippen LogP contribution in [0.4, 0.5) is 0 Å². The van der Waals surface area contributed by atoms with Crippen LogP contribution in [-0.4, -0.2) is 87.5 Å². The number of nitrogens with one attached hydrogen (secondary N) is 1. The van der Waals surface area contributed by atoms with E-state index >= 15 is 0 Å². The summed E-state index contributed by atoms with van der Waals surface area (Å²) >= 11 is 0. The molecule has 0 aromatic carbocycles. The van der Waals surface area contributed by atoms with Gasteiger partial charge in [0.05, 0.1) is 25.4 Å². The van der Waals surface area contributed by atoms with Gasteiger partial charge in [-0.25, -0.2) is 0 Å². The molecule has 360 valence electrons. The van der Waals surface area contributed by atoms with E-state index in [0.717, 1.165) is 38.5 Å². The van der Waals surface area contributed by atoms with Crippen LogP contribution in [0.2, 0.25) is 0 Å². The van der Waals surface area contributed by atoms with E-state index in [0.29, 0.717) is 6.42 Å². The number of carbonyl (C=O) groups is 1. The minimum absolute atomic E-state index is 0.177. The zero-order chi connectivity index (χ0) is 44.4. The molecule has 1 rings (SSSR count). The van der Waals surface area contributed by atoms with Gasteiger partial charge >= 0.3 is 0 Å². The Morgan fingerprint density at radius 1 is 0.541 bits per heavy atom. The second kappa shape index (κ2) is 42.6. The maximum absolute atomic E-state index is 13.0. The highest BCUT2D eigenvalue weighted by molar-refractivity contribution is 5.76. The number of rotatable bonds is 44. The van der Waals surface area contributed by atoms with E-state index in [2.05, 4.69) is 31.3 Å². The third kappa shape index (κ3) is 32.9. The Kier molecular flexibility index (Phi) is 40.3. The molecule has 1 aliphatic rings. The van der Waals surface area contributed by atoms with Crippen LogP contribution in [0.3, 0.4) is 0 Å². The SMILES string of the molecule is CCCCCCCCC/C=C/C(O)C(COC1OC(CO)C(O)C(O)C1O)NC(=O)CCCCCCCCCCCCCCC/C=C\CCCCCCCCCCCCCC. The number of amides is 1. The summed E-state index contributed by atoms with van der Waals surface area (Å²) in [6.45, 7) is 3.75. The van der Waals surface area contributed by atoms with Gasteiger partial charge in [0.15, 0.2) is 6.29 Å². The fourth-order valence-corrected chi connectivity index (χ4v) is 8.33. The van der Waals surface area contributed by atoms with Crippen molar-refractivity contribution in [2.24, 2.45) is 0 Å². The molecule has 9 nitrogen and oxygen atoms in total. The van der Waals surface area contributed by atoms with Crippen LogP contribution in [-0.2, 0) is 14.3 Å². The van der Waals surface area contributed by atoms with Crippen molar-refractivity contribution in [1.82, 2.24) is 5.32 Å². The van der Waals surface area contributed by atoms with Crippen molar-refractivity contribution in [3.05, 3.63) is 24.3 Å². The zero-order valence-corrected chi connectivity index (χ0v) is 39.7. The van der Waals surface area contributed by atoms with E-state index < -0.39 is 49.5 Å². The van der Waals surface area contributed by atoms with E-state index in [4.69, 9.17) is 9.47 Å². The summed E-state index contributed by atoms with van der Waals surface area (Å²) in [7, 11) is 0. The topological polar surface area (TPSA) is 149 Å². The molecule has 1 fully saturated rings. The first-order valence-corrected chi connectivity index (χ1v) is 26.1. The molecule has 0 aromatic rings. The Labute approximate surface area is 375 Å². The zero-order valence-electron chi connectivity index (χ0n) is 39.7. The van der Waals surface area contributed by atoms with E-state index in [1.54, 1.807) is 6.08 Å². The van der Waals surface area contributed by atoms with Crippen molar-refractivity contribution in [3.8, 4) is 0 Å². The lowest BCUT2D eigenvalue weighted by atomic mass is 9.99. The highest BCUT2D eigenvalue weighted by Crippen LogP contribution is 2.23. The molecule has 1 saturated heterocycles. The van der Waals surface area contributed by atoms with Gasteiger partial charge in [-0.15, -0.1) is 0 Å². The van der Waals surface area contributed by atoms with Crippen LogP contribution in [0, 0.1) is 0 Å². The van der Waals surface area contributed by atoms with E-state index in [9.17, 15) is 30.3 Å². The van der Waals surface area contributed by atoms with Crippen molar-refractivity contribution < 1.29 is 39.8 Å². The van der Waals surface area contributed by atoms with Gasteiger partial charge in [0, 0.05) is 6.42 Å². The third-order valence-corrected chi connectivity index (χ3v) is 12.5. The van der Waals surface area contributed by atoms with Crippen molar-refractivity contribution >= 4 is 5.91 Å². The van der Waals surface area contributed by atoms with Crippen LogP contribution in [0.25, 0.3) is 0 Å². The molecule has 9 heteroatoms. The average Bonchev–Trinajstić information content (AvgIpc) is 3.26. The minimum atomic E-state index is -1.56. The lowest BCUT2D eigenvalue weighted by Gasteiger charge is -2.40. The maximum Gasteiger partial charge on any atom is 0.220 e. The van der Waals surface area contributed by atoms with Crippen molar-refractivity contribution in [2.75, 3.05) is 13.2 Å². The molecule has 6 N–H and O–H groups in total. The summed E-state index contributed by atoms with van der Waals surface area (Å²) in [5.74, 6) is -0.177. The molecule has 0 aromatic heterocycles. The molecule has 0 spiro atoms. The first-order chi connectivity index (χ1) is 29.8. The lowest BCUT2D eigenvalue weighted by Crippen LogP contribution is -2.60. The molecule has 0 saturated carbocycles. The number of allylic oxidation sites excluding steroid dienone is 3. The predicted molar refractivity (Wildman–Crippen MR) is 253 cm³/mol. The Morgan fingerprint density at radius 2 is 0.918 bits per heavy atom. The van der Waals surface area contributed by atoms with Gasteiger partial charge in [-0.05, 0) is 44.9 Å². The summed E-state index contributed by atoms with van der Waals surface area (Å²) in [5, 5.41) is 54.1. The molecule has 7 atom stereocenters. The van der Waals surface area contributed by atoms with Gasteiger partial charge in [0.25, 0.3) is 0 Å². The van der Waals surface area contributed by atoms with Gasteiger partial charge < -0.3 is 40.3 Å². The molecule has 7 unspecified atom stereocenters. The highest BCUT2D eigenvalue weighted by atomic mass is 16.7. The first-order valence-electron chi connectivity index (χ1n) is 26.1. The molecule has 1 aliphatic heterocycles. The number of aliphatic hydroxyl groups is 5. The number of ether oxygens (including phenoxy) is 2. The molecule has 0 radical (unpaired) electrons. The number of hydrogen-bond donors (Lipinski definition) is 6. The first kappa shape index (κ1) is 57.7. The van der Waals surface area contributed by atoms with Gasteiger partial charge in [0.1, 0.15) is 24.4 Å². The molecule has 0 aliphatic carbocycles. The number of carbonyl (C=O) groups excluding carboxylic acids is 1. The van der Waals surface area contributed by atoms with Crippen LogP contribution >= 0.6 is 0 Å². The van der Waals surface area contributed by atoms with E-state index in [1.807, 2.05) is 6.08 Å². The van der Waals surface area contributed by atoms with E-state index in [-0.39, 0.29) is 12.5 Å². The van der Waals surface area contributed by atoms with Crippen LogP contribution in [0.15, 0.2) is 24.3 Å². The summed E-state index contributed by atoms with van der Waals surface area (Å²) in [4.78, 5) is 13.0. The summed E-state index contributed by atoms with van der Waals surface area (Å²) < 4.78 is 11.2. The highest BCUT2D eigenvalue weighted by Gasteiger charge is 2.44. The number of aliphatic hydroxyl groups excluding tert-OH is 5. The minimum Gasteiger partial charge on any atom is -0.394 e. The fourth-order valence-electron chi connectivity index (χ4n) is 8.33. The van der Waals surface area contributed by atoms with Crippen molar-refractivity contribution in [1.29, 1.82) is 0 Å². The average molecular weight is 866 g/mol. The maximum atomic E-state index is 13.0. The fraction of sp³-hybridized carbons (Fsp3) is 0.904. The van der Waals surface area contributed by atoms with Crippen molar-refractivity contribution in [2.45, 2.75) is 288 Å². The molecule has 1 amide bonds. The molecular formula is C52H99NO8. The predicted octanol–water partition coefficient (Wildman–Crippen LogP) is 11.8. The van der Waals surface area contributed by atoms with Gasteiger partial charge in [0.2, 0.25) is 5.91 Å². The quantitative estimate of drug-likeness (QED) is 0.0262. The van der Waals surface area contributed by atoms with E-state index in [1.165, 1.54) is 186 Å². The van der Waals surface area contributed by atoms with Gasteiger partial charge in [-0.3, -0.25) is 4.79 Å². The van der Waals surface area contributed by atoms with Crippen LogP contribution in [0.5, 0.6) is 0 Å². The van der Waals surface area contributed by atoms with Gasteiger partial charge in [-0.1, -0.05) is 218 Å². The van der Waals surface area contributed by atoms with Gasteiger partial charge in [-0.2, -0.15) is 0 Å². The summed E-state index contributed by atoms with van der Waals surface area (Å²) in [5.41, 5.74) is 0. The number of hydrogen-bond acceptors (Lipinski definition) is 8. The normalized spacial score (nSPS) is 20.5. The second-order valence-electron chi connectivity index (χ2n) is 18.3. The Hall–Kier alpha value is -1.33. The largest absolute Gasteiger partial charge is 0.394 e. The molecular weight excluding hydrogens is 767 g/mol. The summed E-state index contributed by atoms with van der Waals surface area (Å²) in [6, 6.07) is -0.800. The summed E-state index contributed by atoms with van der Waals surface area (Å²) in [6.07, 6.45) is 45.5. The lowest BCUT2D eigenvalue weighted by molar-refractivity contribution is -0.302. The Balaban J connectivity index is 2.12. The Bertz CT molecular complexity index is 1010. The molecule has 61 heavy (non-hydrogen) atoms. The second-order valence-corrected chi connectivity index (χ2v) is 18.3. The Morgan fingerprint density at radius 3 is 1.33 bits per heavy atom. The standard InChI is InChI=1S/C52H99NO8/c1-3-5-7-9-11-13-14-15-16-17-18-19-20-21-22-23-24-25-26-27-28-29-30-31-32-34-36-38-40-42-48(56)53-45(46(55)41-39-37-35-33-12-10-8-6-4-2)44-60-52-51(59)50(58)49(57)47(43-54)61-52/h21-22,39,41,45-47,49-52,54-55,57-59H,3-20,23-38,40,42-44H2,1-2H3,(H,53,56)/b22-21-,41-39+. The third-order valence-electron chi connectivity index (χ3n) is 12.5. The monoisotopic (exact) mass is 866 g/mol.